The Balaban J connectivity index is 2.36. The van der Waals surface area contributed by atoms with E-state index in [1.807, 2.05) is 62.0 Å². The van der Waals surface area contributed by atoms with Gasteiger partial charge in [-0.2, -0.15) is 0 Å². The molecule has 118 valence electrons. The zero-order valence-corrected chi connectivity index (χ0v) is 13.6. The van der Waals surface area contributed by atoms with Crippen LogP contribution in [0.5, 0.6) is 0 Å². The highest BCUT2D eigenvalue weighted by Gasteiger charge is 2.33. The van der Waals surface area contributed by atoms with Gasteiger partial charge in [0.1, 0.15) is 0 Å². The van der Waals surface area contributed by atoms with Crippen molar-refractivity contribution in [2.24, 2.45) is 5.41 Å². The third-order valence-corrected chi connectivity index (χ3v) is 3.87. The SMILES string of the molecule is CCc1cn(C(CC(C)(C)C(=O)OC)c2ccccc2)nn1. The van der Waals surface area contributed by atoms with Crippen molar-refractivity contribution < 1.29 is 9.53 Å². The molecule has 2 rings (SSSR count). The third kappa shape index (κ3) is 3.53. The Morgan fingerprint density at radius 2 is 2.00 bits per heavy atom. The number of hydrogen-bond donors (Lipinski definition) is 0. The molecule has 0 fully saturated rings. The first-order valence-electron chi connectivity index (χ1n) is 7.52. The van der Waals surface area contributed by atoms with Gasteiger partial charge < -0.3 is 4.74 Å². The summed E-state index contributed by atoms with van der Waals surface area (Å²) in [6.07, 6.45) is 3.38. The van der Waals surface area contributed by atoms with Gasteiger partial charge in [-0.05, 0) is 32.3 Å². The standard InChI is InChI=1S/C17H23N3O2/c1-5-14-12-20(19-18-14)15(13-9-7-6-8-10-13)11-17(2,3)16(21)22-4/h6-10,12,15H,5,11H2,1-4H3. The van der Waals surface area contributed by atoms with Crippen molar-refractivity contribution in [3.63, 3.8) is 0 Å². The Morgan fingerprint density at radius 1 is 1.32 bits per heavy atom. The van der Waals surface area contributed by atoms with E-state index in [1.165, 1.54) is 7.11 Å². The molecule has 0 amide bonds. The molecule has 0 aliphatic rings. The number of hydrogen-bond acceptors (Lipinski definition) is 4. The molecule has 1 heterocycles. The van der Waals surface area contributed by atoms with E-state index in [9.17, 15) is 4.79 Å². The molecular formula is C17H23N3O2. The number of aromatic nitrogens is 3. The van der Waals surface area contributed by atoms with E-state index in [1.54, 1.807) is 0 Å². The number of benzene rings is 1. The normalized spacial score (nSPS) is 12.9. The smallest absolute Gasteiger partial charge is 0.311 e. The molecule has 0 saturated heterocycles. The predicted octanol–water partition coefficient (Wildman–Crippen LogP) is 3.02. The summed E-state index contributed by atoms with van der Waals surface area (Å²) in [5.74, 6) is -0.218. The Morgan fingerprint density at radius 3 is 2.55 bits per heavy atom. The van der Waals surface area contributed by atoms with E-state index in [0.717, 1.165) is 17.7 Å². The van der Waals surface area contributed by atoms with Crippen LogP contribution >= 0.6 is 0 Å². The van der Waals surface area contributed by atoms with Gasteiger partial charge in [-0.25, -0.2) is 4.68 Å². The number of ether oxygens (including phenoxy) is 1. The van der Waals surface area contributed by atoms with Crippen molar-refractivity contribution in [2.45, 2.75) is 39.7 Å². The van der Waals surface area contributed by atoms with Gasteiger partial charge in [0.05, 0.1) is 24.3 Å². The van der Waals surface area contributed by atoms with Gasteiger partial charge >= 0.3 is 5.97 Å². The summed E-state index contributed by atoms with van der Waals surface area (Å²) in [6, 6.07) is 10.0. The molecule has 0 saturated carbocycles. The molecule has 0 N–H and O–H groups in total. The van der Waals surface area contributed by atoms with Crippen LogP contribution in [0.25, 0.3) is 0 Å². The maximum atomic E-state index is 12.0. The van der Waals surface area contributed by atoms with Crippen molar-refractivity contribution in [1.29, 1.82) is 0 Å². The zero-order valence-electron chi connectivity index (χ0n) is 13.6. The number of esters is 1. The predicted molar refractivity (Wildman–Crippen MR) is 84.4 cm³/mol. The van der Waals surface area contributed by atoms with Crippen LogP contribution in [0.15, 0.2) is 36.5 Å². The third-order valence-electron chi connectivity index (χ3n) is 3.87. The van der Waals surface area contributed by atoms with Crippen LogP contribution in [0.1, 0.15) is 44.5 Å². The summed E-state index contributed by atoms with van der Waals surface area (Å²) in [5.41, 5.74) is 1.44. The Labute approximate surface area is 131 Å². The fraction of sp³-hybridized carbons (Fsp3) is 0.471. The quantitative estimate of drug-likeness (QED) is 0.770. The lowest BCUT2D eigenvalue weighted by Crippen LogP contribution is -2.30. The molecule has 0 aliphatic carbocycles. The van der Waals surface area contributed by atoms with Gasteiger partial charge in [0, 0.05) is 6.20 Å². The monoisotopic (exact) mass is 301 g/mol. The first-order valence-corrected chi connectivity index (χ1v) is 7.52. The Bertz CT molecular complexity index is 620. The fourth-order valence-corrected chi connectivity index (χ4v) is 2.51. The van der Waals surface area contributed by atoms with E-state index in [2.05, 4.69) is 10.3 Å². The molecule has 0 aliphatic heterocycles. The van der Waals surface area contributed by atoms with Crippen LogP contribution in [0.3, 0.4) is 0 Å². The maximum absolute atomic E-state index is 12.0. The molecule has 0 bridgehead atoms. The summed E-state index contributed by atoms with van der Waals surface area (Å²) < 4.78 is 6.78. The molecule has 22 heavy (non-hydrogen) atoms. The van der Waals surface area contributed by atoms with Crippen molar-refractivity contribution in [3.8, 4) is 0 Å². The molecule has 0 spiro atoms. The van der Waals surface area contributed by atoms with E-state index in [-0.39, 0.29) is 12.0 Å². The lowest BCUT2D eigenvalue weighted by atomic mass is 9.83. The molecular weight excluding hydrogens is 278 g/mol. The minimum Gasteiger partial charge on any atom is -0.469 e. The van der Waals surface area contributed by atoms with Crippen LogP contribution in [0.4, 0.5) is 0 Å². The largest absolute Gasteiger partial charge is 0.469 e. The van der Waals surface area contributed by atoms with Gasteiger partial charge in [-0.1, -0.05) is 42.5 Å². The highest BCUT2D eigenvalue weighted by Crippen LogP contribution is 2.33. The van der Waals surface area contributed by atoms with Crippen molar-refractivity contribution in [3.05, 3.63) is 47.8 Å². The Hall–Kier alpha value is -2.17. The minimum absolute atomic E-state index is 0.0527. The summed E-state index contributed by atoms with van der Waals surface area (Å²) in [5, 5.41) is 8.42. The van der Waals surface area contributed by atoms with E-state index < -0.39 is 5.41 Å². The zero-order chi connectivity index (χ0) is 16.2. The lowest BCUT2D eigenvalue weighted by molar-refractivity contribution is -0.151. The molecule has 5 nitrogen and oxygen atoms in total. The van der Waals surface area contributed by atoms with Crippen LogP contribution in [0.2, 0.25) is 0 Å². The summed E-state index contributed by atoms with van der Waals surface area (Å²) in [6.45, 7) is 5.84. The van der Waals surface area contributed by atoms with Gasteiger partial charge in [-0.15, -0.1) is 5.10 Å². The second-order valence-corrected chi connectivity index (χ2v) is 6.05. The number of rotatable bonds is 6. The minimum atomic E-state index is -0.604. The van der Waals surface area contributed by atoms with Crippen LogP contribution in [0, 0.1) is 5.41 Å². The maximum Gasteiger partial charge on any atom is 0.311 e. The topological polar surface area (TPSA) is 57.0 Å². The number of nitrogens with zero attached hydrogens (tertiary/aromatic N) is 3. The average Bonchev–Trinajstić information content (AvgIpc) is 3.01. The van der Waals surface area contributed by atoms with E-state index in [0.29, 0.717) is 6.42 Å². The van der Waals surface area contributed by atoms with E-state index in [4.69, 9.17) is 4.74 Å². The van der Waals surface area contributed by atoms with Crippen molar-refractivity contribution >= 4 is 5.97 Å². The second-order valence-electron chi connectivity index (χ2n) is 6.05. The molecule has 1 atom stereocenters. The van der Waals surface area contributed by atoms with Crippen LogP contribution in [-0.4, -0.2) is 28.1 Å². The van der Waals surface area contributed by atoms with Crippen molar-refractivity contribution in [1.82, 2.24) is 15.0 Å². The van der Waals surface area contributed by atoms with E-state index >= 15 is 0 Å². The van der Waals surface area contributed by atoms with Crippen LogP contribution < -0.4 is 0 Å². The molecule has 1 aromatic heterocycles. The van der Waals surface area contributed by atoms with Gasteiger partial charge in [0.25, 0.3) is 0 Å². The average molecular weight is 301 g/mol. The van der Waals surface area contributed by atoms with Crippen LogP contribution in [-0.2, 0) is 16.0 Å². The number of carbonyl (C=O) groups excluding carboxylic acids is 1. The highest BCUT2D eigenvalue weighted by atomic mass is 16.5. The summed E-state index contributed by atoms with van der Waals surface area (Å²) in [7, 11) is 1.42. The van der Waals surface area contributed by atoms with Gasteiger partial charge in [0.2, 0.25) is 0 Å². The molecule has 2 aromatic rings. The number of aryl methyl sites for hydroxylation is 1. The summed E-state index contributed by atoms with van der Waals surface area (Å²) in [4.78, 5) is 12.0. The molecule has 1 aromatic carbocycles. The molecule has 0 radical (unpaired) electrons. The number of carbonyl (C=O) groups is 1. The molecule has 1 unspecified atom stereocenters. The van der Waals surface area contributed by atoms with Gasteiger partial charge in [0.15, 0.2) is 0 Å². The van der Waals surface area contributed by atoms with Crippen molar-refractivity contribution in [2.75, 3.05) is 7.11 Å². The second kappa shape index (κ2) is 6.73. The number of methoxy groups -OCH3 is 1. The first kappa shape index (κ1) is 16.2. The summed E-state index contributed by atoms with van der Waals surface area (Å²) >= 11 is 0. The Kier molecular flexibility index (Phi) is 4.96. The fourth-order valence-electron chi connectivity index (χ4n) is 2.51. The first-order chi connectivity index (χ1) is 10.5. The highest BCUT2D eigenvalue weighted by molar-refractivity contribution is 5.75. The van der Waals surface area contributed by atoms with Gasteiger partial charge in [-0.3, -0.25) is 4.79 Å². The molecule has 5 heteroatoms. The lowest BCUT2D eigenvalue weighted by Gasteiger charge is -2.27.